The second-order valence-electron chi connectivity index (χ2n) is 9.09. The Morgan fingerprint density at radius 2 is 1.71 bits per heavy atom. The van der Waals surface area contributed by atoms with Crippen LogP contribution in [0.5, 0.6) is 0 Å². The molecule has 5 saturated heterocycles. The van der Waals surface area contributed by atoms with Crippen LogP contribution in [0.15, 0.2) is 18.2 Å². The Labute approximate surface area is 164 Å². The molecule has 5 aliphatic rings. The van der Waals surface area contributed by atoms with Crippen LogP contribution in [0.1, 0.15) is 45.4 Å². The summed E-state index contributed by atoms with van der Waals surface area (Å²) in [6, 6.07) is 4.90. The van der Waals surface area contributed by atoms with E-state index in [9.17, 15) is 13.6 Å². The lowest BCUT2D eigenvalue weighted by Crippen LogP contribution is -2.67. The molecule has 0 atom stereocenters. The summed E-state index contributed by atoms with van der Waals surface area (Å²) < 4.78 is 33.6. The number of ether oxygens (including phenoxy) is 1. The first kappa shape index (κ1) is 18.2. The molecule has 1 aromatic carbocycles. The molecule has 1 N–H and O–H groups in total. The van der Waals surface area contributed by atoms with Crippen LogP contribution < -0.4 is 10.2 Å². The average molecular weight is 391 g/mol. The minimum absolute atomic E-state index is 0.0293. The molecule has 1 aromatic rings. The number of nitrogens with zero attached hydrogens (tertiary/aromatic N) is 2. The number of nitrogens with one attached hydrogen (secondary N) is 1. The zero-order valence-corrected chi connectivity index (χ0v) is 16.2. The van der Waals surface area contributed by atoms with Crippen molar-refractivity contribution >= 4 is 11.7 Å². The maximum absolute atomic E-state index is 14.1. The van der Waals surface area contributed by atoms with Gasteiger partial charge in [0.15, 0.2) is 11.6 Å². The van der Waals surface area contributed by atoms with Crippen LogP contribution in [-0.2, 0) is 4.74 Å². The van der Waals surface area contributed by atoms with E-state index >= 15 is 0 Å². The number of hydrogen-bond donors (Lipinski definition) is 1. The van der Waals surface area contributed by atoms with Gasteiger partial charge in [0.05, 0.1) is 17.9 Å². The summed E-state index contributed by atoms with van der Waals surface area (Å²) >= 11 is 0. The lowest BCUT2D eigenvalue weighted by atomic mass is 9.78. The van der Waals surface area contributed by atoms with Crippen LogP contribution in [0, 0.1) is 11.6 Å². The zero-order valence-electron chi connectivity index (χ0n) is 16.2. The maximum atomic E-state index is 14.1. The fraction of sp³-hybridized carbons (Fsp3) is 0.667. The number of urea groups is 1. The number of anilines is 1. The predicted molar refractivity (Wildman–Crippen MR) is 101 cm³/mol. The highest BCUT2D eigenvalue weighted by atomic mass is 19.2. The topological polar surface area (TPSA) is 44.8 Å². The summed E-state index contributed by atoms with van der Waals surface area (Å²) in [7, 11) is 0. The van der Waals surface area contributed by atoms with Gasteiger partial charge in [-0.05, 0) is 57.6 Å². The van der Waals surface area contributed by atoms with E-state index in [1.165, 1.54) is 6.07 Å². The van der Waals surface area contributed by atoms with Crippen molar-refractivity contribution in [1.29, 1.82) is 0 Å². The molecule has 28 heavy (non-hydrogen) atoms. The second kappa shape index (κ2) is 6.58. The third kappa shape index (κ3) is 3.04. The van der Waals surface area contributed by atoms with Crippen molar-refractivity contribution in [2.24, 2.45) is 0 Å². The molecular formula is C21H27F2N3O2. The third-order valence-corrected chi connectivity index (χ3v) is 7.09. The predicted octanol–water partition coefficient (Wildman–Crippen LogP) is 3.43. The zero-order chi connectivity index (χ0) is 19.5. The molecular weight excluding hydrogens is 364 g/mol. The summed E-state index contributed by atoms with van der Waals surface area (Å²) in [5.74, 6) is -1.62. The van der Waals surface area contributed by atoms with E-state index < -0.39 is 11.6 Å². The molecule has 0 saturated carbocycles. The van der Waals surface area contributed by atoms with Crippen LogP contribution in [0.4, 0.5) is 19.3 Å². The van der Waals surface area contributed by atoms with Crippen LogP contribution >= 0.6 is 0 Å². The minimum atomic E-state index is -0.821. The first-order valence-electron chi connectivity index (χ1n) is 10.4. The molecule has 5 aliphatic heterocycles. The van der Waals surface area contributed by atoms with Crippen molar-refractivity contribution in [2.45, 2.75) is 75.3 Å². The largest absolute Gasteiger partial charge is 0.375 e. The number of benzene rings is 1. The van der Waals surface area contributed by atoms with Gasteiger partial charge in [0.25, 0.3) is 0 Å². The van der Waals surface area contributed by atoms with Crippen molar-refractivity contribution in [3.63, 3.8) is 0 Å². The first-order valence-corrected chi connectivity index (χ1v) is 10.4. The van der Waals surface area contributed by atoms with Gasteiger partial charge in [-0.25, -0.2) is 13.6 Å². The Morgan fingerprint density at radius 1 is 1.11 bits per heavy atom. The molecule has 4 bridgehead atoms. The molecule has 0 radical (unpaired) electrons. The molecule has 0 spiro atoms. The Kier molecular flexibility index (Phi) is 4.27. The average Bonchev–Trinajstić information content (AvgIpc) is 2.64. The molecule has 5 nitrogen and oxygen atoms in total. The number of halogens is 2. The van der Waals surface area contributed by atoms with E-state index in [-0.39, 0.29) is 11.6 Å². The summed E-state index contributed by atoms with van der Waals surface area (Å²) in [5.41, 5.74) is -0.0269. The van der Waals surface area contributed by atoms with Gasteiger partial charge in [0.2, 0.25) is 0 Å². The molecule has 152 valence electrons. The number of carbonyl (C=O) groups is 1. The van der Waals surface area contributed by atoms with Crippen LogP contribution in [0.25, 0.3) is 0 Å². The van der Waals surface area contributed by atoms with Gasteiger partial charge in [-0.1, -0.05) is 6.07 Å². The summed E-state index contributed by atoms with van der Waals surface area (Å²) in [6.07, 6.45) is 5.84. The van der Waals surface area contributed by atoms with E-state index in [2.05, 4.69) is 17.1 Å². The number of rotatable bonds is 2. The van der Waals surface area contributed by atoms with E-state index in [1.807, 2.05) is 4.90 Å². The highest BCUT2D eigenvalue weighted by molar-refractivity contribution is 5.76. The molecule has 5 fully saturated rings. The fourth-order valence-electron chi connectivity index (χ4n) is 5.60. The van der Waals surface area contributed by atoms with E-state index in [0.29, 0.717) is 55.9 Å². The molecule has 6 rings (SSSR count). The lowest BCUT2D eigenvalue weighted by molar-refractivity contribution is -0.168. The van der Waals surface area contributed by atoms with Crippen molar-refractivity contribution in [3.8, 4) is 0 Å². The highest BCUT2D eigenvalue weighted by Crippen LogP contribution is 2.42. The third-order valence-electron chi connectivity index (χ3n) is 7.09. The van der Waals surface area contributed by atoms with Gasteiger partial charge in [0.1, 0.15) is 0 Å². The van der Waals surface area contributed by atoms with Gasteiger partial charge in [-0.3, -0.25) is 0 Å². The summed E-state index contributed by atoms with van der Waals surface area (Å²) in [6.45, 7) is 3.23. The quantitative estimate of drug-likeness (QED) is 0.840. The van der Waals surface area contributed by atoms with Gasteiger partial charge >= 0.3 is 6.03 Å². The maximum Gasteiger partial charge on any atom is 0.318 e. The number of carbonyl (C=O) groups excluding carboxylic acids is 1. The second-order valence-corrected chi connectivity index (χ2v) is 9.09. The van der Waals surface area contributed by atoms with Gasteiger partial charge in [-0.15, -0.1) is 0 Å². The minimum Gasteiger partial charge on any atom is -0.375 e. The monoisotopic (exact) mass is 391 g/mol. The normalized spacial score (nSPS) is 33.2. The molecule has 2 amide bonds. The molecule has 0 aliphatic carbocycles. The highest BCUT2D eigenvalue weighted by Gasteiger charge is 2.50. The molecule has 0 aromatic heterocycles. The summed E-state index contributed by atoms with van der Waals surface area (Å²) in [4.78, 5) is 17.0. The van der Waals surface area contributed by atoms with Gasteiger partial charge in [-0.2, -0.15) is 0 Å². The number of amides is 2. The van der Waals surface area contributed by atoms with E-state index in [4.69, 9.17) is 4.74 Å². The van der Waals surface area contributed by atoms with Crippen LogP contribution in [0.3, 0.4) is 0 Å². The summed E-state index contributed by atoms with van der Waals surface area (Å²) in [5, 5.41) is 3.27. The van der Waals surface area contributed by atoms with Crippen molar-refractivity contribution in [3.05, 3.63) is 29.8 Å². The standard InChI is InChI=1S/C21H27F2N3O2/c1-21(5-7-25(8-6-21)18-4-2-3-17(22)19(18)23)24-20(27)26-13-9-15-11-14(26)12-16(10-13)28-15/h2-4,13-16H,5-12H2,1H3,(H,24,27). The lowest BCUT2D eigenvalue weighted by Gasteiger charge is -2.56. The SMILES string of the molecule is CC1(NC(=O)N2C3CC4CC2CC(C3)O4)CCN(c2cccc(F)c2F)CC1. The van der Waals surface area contributed by atoms with Crippen LogP contribution in [-0.4, -0.2) is 53.9 Å². The first-order chi connectivity index (χ1) is 13.4. The molecule has 7 heteroatoms. The Balaban J connectivity index is 1.23. The Bertz CT molecular complexity index is 751. The van der Waals surface area contributed by atoms with Gasteiger partial charge in [0, 0.05) is 30.7 Å². The fourth-order valence-corrected chi connectivity index (χ4v) is 5.60. The smallest absolute Gasteiger partial charge is 0.318 e. The molecule has 5 heterocycles. The Morgan fingerprint density at radius 3 is 2.32 bits per heavy atom. The number of hydrogen-bond acceptors (Lipinski definition) is 3. The van der Waals surface area contributed by atoms with Crippen LogP contribution in [0.2, 0.25) is 0 Å². The van der Waals surface area contributed by atoms with Crippen molar-refractivity contribution in [2.75, 3.05) is 18.0 Å². The number of piperidine rings is 3. The Hall–Kier alpha value is -1.89. The molecule has 0 unspecified atom stereocenters. The van der Waals surface area contributed by atoms with Gasteiger partial charge < -0.3 is 19.9 Å². The van der Waals surface area contributed by atoms with Crippen molar-refractivity contribution < 1.29 is 18.3 Å². The van der Waals surface area contributed by atoms with E-state index in [1.54, 1.807) is 6.07 Å². The van der Waals surface area contributed by atoms with Crippen molar-refractivity contribution in [1.82, 2.24) is 10.2 Å². The van der Waals surface area contributed by atoms with E-state index in [0.717, 1.165) is 31.7 Å².